The van der Waals surface area contributed by atoms with Crippen LogP contribution in [0.15, 0.2) is 40.3 Å². The van der Waals surface area contributed by atoms with Crippen LogP contribution in [0.4, 0.5) is 0 Å². The Morgan fingerprint density at radius 3 is 2.53 bits per heavy atom. The molecule has 0 N–H and O–H groups in total. The van der Waals surface area contributed by atoms with Crippen LogP contribution in [-0.4, -0.2) is 23.0 Å². The lowest BCUT2D eigenvalue weighted by Crippen LogP contribution is -2.07. The van der Waals surface area contributed by atoms with Crippen LogP contribution in [0.1, 0.15) is 10.4 Å². The summed E-state index contributed by atoms with van der Waals surface area (Å²) >= 11 is 13.0. The van der Waals surface area contributed by atoms with Crippen LogP contribution in [0.25, 0.3) is 0 Å². The molecule has 0 amide bonds. The van der Waals surface area contributed by atoms with Gasteiger partial charge in [-0.25, -0.2) is 14.8 Å². The predicted molar refractivity (Wildman–Crippen MR) is 74.0 cm³/mol. The molecule has 0 fully saturated rings. The number of halogens is 2. The zero-order valence-corrected chi connectivity index (χ0v) is 12.1. The number of esters is 1. The third-order valence-electron chi connectivity index (χ3n) is 2.15. The van der Waals surface area contributed by atoms with Crippen molar-refractivity contribution in [2.45, 2.75) is 9.92 Å². The van der Waals surface area contributed by atoms with Crippen molar-refractivity contribution >= 4 is 40.9 Å². The zero-order chi connectivity index (χ0) is 13.8. The molecule has 19 heavy (non-hydrogen) atoms. The molecule has 0 aliphatic carbocycles. The standard InChI is InChI=1S/C12H8Cl2N2O2S/c1-18-11(17)8-9(13)15-12(14)16-10(8)19-7-5-3-2-4-6-7/h2-6H,1H3. The SMILES string of the molecule is COC(=O)c1c(Cl)nc(Cl)nc1Sc1ccccc1. The number of rotatable bonds is 3. The number of methoxy groups -OCH3 is 1. The highest BCUT2D eigenvalue weighted by molar-refractivity contribution is 7.99. The van der Waals surface area contributed by atoms with Gasteiger partial charge in [-0.2, -0.15) is 0 Å². The summed E-state index contributed by atoms with van der Waals surface area (Å²) in [6.07, 6.45) is 0. The van der Waals surface area contributed by atoms with Crippen molar-refractivity contribution in [3.8, 4) is 0 Å². The Hall–Kier alpha value is -1.30. The fraction of sp³-hybridized carbons (Fsp3) is 0.0833. The van der Waals surface area contributed by atoms with Gasteiger partial charge in [0.2, 0.25) is 5.28 Å². The van der Waals surface area contributed by atoms with Crippen LogP contribution in [0.3, 0.4) is 0 Å². The van der Waals surface area contributed by atoms with E-state index in [-0.39, 0.29) is 16.0 Å². The minimum Gasteiger partial charge on any atom is -0.465 e. The fourth-order valence-corrected chi connectivity index (χ4v) is 2.83. The van der Waals surface area contributed by atoms with Gasteiger partial charge in [-0.05, 0) is 23.7 Å². The van der Waals surface area contributed by atoms with Gasteiger partial charge in [-0.3, -0.25) is 0 Å². The molecule has 4 nitrogen and oxygen atoms in total. The highest BCUT2D eigenvalue weighted by atomic mass is 35.5. The monoisotopic (exact) mass is 314 g/mol. The summed E-state index contributed by atoms with van der Waals surface area (Å²) in [5.41, 5.74) is 0.113. The molecule has 0 saturated heterocycles. The number of ether oxygens (including phenoxy) is 1. The summed E-state index contributed by atoms with van der Waals surface area (Å²) in [4.78, 5) is 20.4. The van der Waals surface area contributed by atoms with Crippen LogP contribution >= 0.6 is 35.0 Å². The van der Waals surface area contributed by atoms with E-state index in [0.29, 0.717) is 5.03 Å². The molecular weight excluding hydrogens is 307 g/mol. The van der Waals surface area contributed by atoms with E-state index in [4.69, 9.17) is 23.2 Å². The van der Waals surface area contributed by atoms with Gasteiger partial charge in [0.1, 0.15) is 15.7 Å². The first-order valence-electron chi connectivity index (χ1n) is 5.16. The second kappa shape index (κ2) is 6.23. The highest BCUT2D eigenvalue weighted by Crippen LogP contribution is 2.32. The Morgan fingerprint density at radius 1 is 1.21 bits per heavy atom. The van der Waals surface area contributed by atoms with Crippen molar-refractivity contribution in [2.75, 3.05) is 7.11 Å². The maximum absolute atomic E-state index is 11.7. The number of nitrogens with zero attached hydrogens (tertiary/aromatic N) is 2. The number of hydrogen-bond acceptors (Lipinski definition) is 5. The average Bonchev–Trinajstić information content (AvgIpc) is 2.38. The molecule has 0 bridgehead atoms. The Bertz CT molecular complexity index is 608. The Kier molecular flexibility index (Phi) is 4.63. The second-order valence-electron chi connectivity index (χ2n) is 3.37. The molecule has 1 aromatic carbocycles. The molecule has 0 saturated carbocycles. The van der Waals surface area contributed by atoms with Gasteiger partial charge >= 0.3 is 5.97 Å². The lowest BCUT2D eigenvalue weighted by atomic mass is 10.3. The third kappa shape index (κ3) is 3.37. The summed E-state index contributed by atoms with van der Waals surface area (Å²) < 4.78 is 4.68. The number of carbonyl (C=O) groups excluding carboxylic acids is 1. The lowest BCUT2D eigenvalue weighted by Gasteiger charge is -2.08. The minimum atomic E-state index is -0.597. The van der Waals surface area contributed by atoms with Crippen LogP contribution in [0, 0.1) is 0 Å². The van der Waals surface area contributed by atoms with Gasteiger partial charge in [0, 0.05) is 4.90 Å². The molecule has 1 heterocycles. The van der Waals surface area contributed by atoms with Gasteiger partial charge in [-0.1, -0.05) is 41.6 Å². The highest BCUT2D eigenvalue weighted by Gasteiger charge is 2.21. The first kappa shape index (κ1) is 14.1. The van der Waals surface area contributed by atoms with E-state index in [9.17, 15) is 4.79 Å². The molecular formula is C12H8Cl2N2O2S. The van der Waals surface area contributed by atoms with E-state index in [1.54, 1.807) is 0 Å². The molecule has 0 unspecified atom stereocenters. The largest absolute Gasteiger partial charge is 0.465 e. The average molecular weight is 315 g/mol. The molecule has 0 aliphatic rings. The molecule has 2 aromatic rings. The summed E-state index contributed by atoms with van der Waals surface area (Å²) in [6.45, 7) is 0. The molecule has 7 heteroatoms. The van der Waals surface area contributed by atoms with Crippen LogP contribution in [-0.2, 0) is 4.74 Å². The van der Waals surface area contributed by atoms with E-state index in [1.165, 1.54) is 18.9 Å². The van der Waals surface area contributed by atoms with Gasteiger partial charge < -0.3 is 4.74 Å². The van der Waals surface area contributed by atoms with Crippen molar-refractivity contribution in [1.29, 1.82) is 0 Å². The van der Waals surface area contributed by atoms with Crippen molar-refractivity contribution in [3.05, 3.63) is 46.3 Å². The van der Waals surface area contributed by atoms with Crippen molar-refractivity contribution in [2.24, 2.45) is 0 Å². The number of benzene rings is 1. The summed E-state index contributed by atoms with van der Waals surface area (Å²) in [6, 6.07) is 9.42. The van der Waals surface area contributed by atoms with Crippen LogP contribution < -0.4 is 0 Å². The summed E-state index contributed by atoms with van der Waals surface area (Å²) in [5.74, 6) is -0.597. The second-order valence-corrected chi connectivity index (χ2v) is 5.13. The minimum absolute atomic E-state index is 0.0175. The Balaban J connectivity index is 2.46. The maximum Gasteiger partial charge on any atom is 0.343 e. The van der Waals surface area contributed by atoms with Crippen molar-refractivity contribution in [1.82, 2.24) is 9.97 Å². The third-order valence-corrected chi connectivity index (χ3v) is 3.59. The summed E-state index contributed by atoms with van der Waals surface area (Å²) in [5, 5.41) is 0.324. The van der Waals surface area contributed by atoms with Crippen molar-refractivity contribution < 1.29 is 9.53 Å². The lowest BCUT2D eigenvalue weighted by molar-refractivity contribution is 0.0595. The van der Waals surface area contributed by atoms with E-state index < -0.39 is 5.97 Å². The molecule has 1 aromatic heterocycles. The predicted octanol–water partition coefficient (Wildman–Crippen LogP) is 3.72. The Morgan fingerprint density at radius 2 is 1.89 bits per heavy atom. The van der Waals surface area contributed by atoms with Crippen LogP contribution in [0.5, 0.6) is 0 Å². The van der Waals surface area contributed by atoms with E-state index in [2.05, 4.69) is 14.7 Å². The van der Waals surface area contributed by atoms with Gasteiger partial charge in [0.25, 0.3) is 0 Å². The molecule has 0 aliphatic heterocycles. The fourth-order valence-electron chi connectivity index (χ4n) is 1.34. The van der Waals surface area contributed by atoms with E-state index >= 15 is 0 Å². The number of aromatic nitrogens is 2. The molecule has 0 radical (unpaired) electrons. The quantitative estimate of drug-likeness (QED) is 0.491. The first-order valence-corrected chi connectivity index (χ1v) is 6.73. The first-order chi connectivity index (χ1) is 9.11. The smallest absolute Gasteiger partial charge is 0.343 e. The molecule has 0 atom stereocenters. The number of carbonyl (C=O) groups is 1. The van der Waals surface area contributed by atoms with E-state index in [0.717, 1.165) is 4.90 Å². The maximum atomic E-state index is 11.7. The zero-order valence-electron chi connectivity index (χ0n) is 9.76. The number of hydrogen-bond donors (Lipinski definition) is 0. The van der Waals surface area contributed by atoms with Gasteiger partial charge in [0.05, 0.1) is 7.11 Å². The van der Waals surface area contributed by atoms with Crippen LogP contribution in [0.2, 0.25) is 10.4 Å². The summed E-state index contributed by atoms with van der Waals surface area (Å²) in [7, 11) is 1.27. The Labute approximate surface area is 124 Å². The van der Waals surface area contributed by atoms with Gasteiger partial charge in [0.15, 0.2) is 0 Å². The van der Waals surface area contributed by atoms with E-state index in [1.807, 2.05) is 30.3 Å². The van der Waals surface area contributed by atoms with Gasteiger partial charge in [-0.15, -0.1) is 0 Å². The molecule has 98 valence electrons. The molecule has 0 spiro atoms. The normalized spacial score (nSPS) is 10.3. The topological polar surface area (TPSA) is 52.1 Å². The molecule has 2 rings (SSSR count). The van der Waals surface area contributed by atoms with Crippen molar-refractivity contribution in [3.63, 3.8) is 0 Å².